The van der Waals surface area contributed by atoms with Gasteiger partial charge in [-0.1, -0.05) is 74.0 Å². The standard InChI is InChI=1S/C30H43N3O4/c1-6-22(19-31)17-26-25(32(5)29(35)36-21-24-15-11-8-12-16-24)18-27(28(34)37-30(2,3)4)33(26)20-23-13-9-7-10-14-23/h7-16,22,25-27H,6,17-21,31H2,1-5H3/t22?,25-,26+,27-/m1/s1. The molecule has 0 bridgehead atoms. The number of amides is 1. The molecule has 37 heavy (non-hydrogen) atoms. The van der Waals surface area contributed by atoms with Crippen LogP contribution in [0.2, 0.25) is 0 Å². The van der Waals surface area contributed by atoms with Gasteiger partial charge < -0.3 is 20.1 Å². The molecule has 1 fully saturated rings. The fourth-order valence-electron chi connectivity index (χ4n) is 5.03. The molecular weight excluding hydrogens is 466 g/mol. The lowest BCUT2D eigenvalue weighted by Gasteiger charge is -2.36. The third-order valence-electron chi connectivity index (χ3n) is 7.10. The second-order valence-electron chi connectivity index (χ2n) is 11.0. The van der Waals surface area contributed by atoms with E-state index in [1.54, 1.807) is 11.9 Å². The van der Waals surface area contributed by atoms with E-state index >= 15 is 0 Å². The van der Waals surface area contributed by atoms with Crippen molar-refractivity contribution in [2.45, 2.75) is 83.8 Å². The molecule has 7 heteroatoms. The van der Waals surface area contributed by atoms with Crippen LogP contribution in [0.25, 0.3) is 0 Å². The number of carbonyl (C=O) groups is 2. The first kappa shape index (κ1) is 28.7. The van der Waals surface area contributed by atoms with Crippen molar-refractivity contribution < 1.29 is 19.1 Å². The number of esters is 1. The van der Waals surface area contributed by atoms with Crippen LogP contribution in [-0.4, -0.2) is 59.2 Å². The number of ether oxygens (including phenoxy) is 2. The molecule has 1 amide bonds. The Morgan fingerprint density at radius 1 is 1.05 bits per heavy atom. The van der Waals surface area contributed by atoms with Crippen LogP contribution >= 0.6 is 0 Å². The van der Waals surface area contributed by atoms with Crippen molar-refractivity contribution in [2.24, 2.45) is 11.7 Å². The van der Waals surface area contributed by atoms with Crippen molar-refractivity contribution in [1.29, 1.82) is 0 Å². The molecule has 0 aliphatic carbocycles. The fourth-order valence-corrected chi connectivity index (χ4v) is 5.03. The van der Waals surface area contributed by atoms with E-state index in [-0.39, 0.29) is 30.6 Å². The van der Waals surface area contributed by atoms with Crippen molar-refractivity contribution in [1.82, 2.24) is 9.80 Å². The summed E-state index contributed by atoms with van der Waals surface area (Å²) in [4.78, 5) is 30.5. The first-order chi connectivity index (χ1) is 17.6. The quantitative estimate of drug-likeness (QED) is 0.455. The molecule has 1 aliphatic heterocycles. The number of likely N-dealkylation sites (N-methyl/N-ethyl adjacent to an activating group) is 1. The minimum Gasteiger partial charge on any atom is -0.459 e. The highest BCUT2D eigenvalue weighted by molar-refractivity contribution is 5.77. The number of likely N-dealkylation sites (tertiary alicyclic amines) is 1. The maximum absolute atomic E-state index is 13.5. The first-order valence-electron chi connectivity index (χ1n) is 13.3. The highest BCUT2D eigenvalue weighted by Gasteiger charge is 2.48. The molecule has 0 radical (unpaired) electrons. The molecule has 1 heterocycles. The zero-order valence-corrected chi connectivity index (χ0v) is 22.9. The normalized spacial score (nSPS) is 20.9. The molecule has 2 aromatic rings. The van der Waals surface area contributed by atoms with Gasteiger partial charge in [0.15, 0.2) is 0 Å². The predicted octanol–water partition coefficient (Wildman–Crippen LogP) is 4.98. The number of benzene rings is 2. The molecular formula is C30H43N3O4. The molecule has 2 N–H and O–H groups in total. The summed E-state index contributed by atoms with van der Waals surface area (Å²) in [5.74, 6) is 0.0136. The molecule has 4 atom stereocenters. The summed E-state index contributed by atoms with van der Waals surface area (Å²) in [5, 5.41) is 0. The average Bonchev–Trinajstić information content (AvgIpc) is 3.23. The molecule has 0 spiro atoms. The first-order valence-corrected chi connectivity index (χ1v) is 13.3. The summed E-state index contributed by atoms with van der Waals surface area (Å²) in [6, 6.07) is 19.0. The molecule has 7 nitrogen and oxygen atoms in total. The third-order valence-corrected chi connectivity index (χ3v) is 7.10. The van der Waals surface area contributed by atoms with Gasteiger partial charge in [0.05, 0.1) is 6.04 Å². The molecule has 2 aromatic carbocycles. The van der Waals surface area contributed by atoms with Gasteiger partial charge in [0, 0.05) is 19.6 Å². The van der Waals surface area contributed by atoms with E-state index < -0.39 is 17.7 Å². The number of hydrogen-bond donors (Lipinski definition) is 1. The zero-order valence-electron chi connectivity index (χ0n) is 22.9. The maximum atomic E-state index is 13.5. The lowest BCUT2D eigenvalue weighted by molar-refractivity contribution is -0.161. The molecule has 1 unspecified atom stereocenters. The van der Waals surface area contributed by atoms with Gasteiger partial charge in [-0.3, -0.25) is 9.69 Å². The van der Waals surface area contributed by atoms with E-state index in [0.29, 0.717) is 19.5 Å². The van der Waals surface area contributed by atoms with Crippen LogP contribution in [0.15, 0.2) is 60.7 Å². The van der Waals surface area contributed by atoms with Gasteiger partial charge in [-0.05, 0) is 57.2 Å². The molecule has 1 saturated heterocycles. The number of nitrogens with zero attached hydrogens (tertiary/aromatic N) is 2. The Morgan fingerprint density at radius 2 is 1.65 bits per heavy atom. The smallest absolute Gasteiger partial charge is 0.410 e. The minimum atomic E-state index is -0.604. The molecule has 202 valence electrons. The number of hydrogen-bond acceptors (Lipinski definition) is 6. The lowest BCUT2D eigenvalue weighted by Crippen LogP contribution is -2.48. The average molecular weight is 510 g/mol. The number of carbonyl (C=O) groups excluding carboxylic acids is 2. The summed E-state index contributed by atoms with van der Waals surface area (Å²) >= 11 is 0. The van der Waals surface area contributed by atoms with E-state index in [1.165, 1.54) is 0 Å². The van der Waals surface area contributed by atoms with Crippen LogP contribution < -0.4 is 5.73 Å². The van der Waals surface area contributed by atoms with E-state index in [0.717, 1.165) is 24.0 Å². The molecule has 0 aromatic heterocycles. The summed E-state index contributed by atoms with van der Waals surface area (Å²) < 4.78 is 11.5. The van der Waals surface area contributed by atoms with Crippen molar-refractivity contribution in [3.8, 4) is 0 Å². The second kappa shape index (κ2) is 13.1. The minimum absolute atomic E-state index is 0.0690. The molecule has 3 rings (SSSR count). The van der Waals surface area contributed by atoms with Crippen LogP contribution in [-0.2, 0) is 27.4 Å². The Morgan fingerprint density at radius 3 is 2.19 bits per heavy atom. The SMILES string of the molecule is CCC(CN)C[C@H]1[C@H](N(C)C(=O)OCc2ccccc2)C[C@H](C(=O)OC(C)(C)C)N1Cc1ccccc1. The molecule has 0 saturated carbocycles. The van der Waals surface area contributed by atoms with Crippen LogP contribution in [0.5, 0.6) is 0 Å². The van der Waals surface area contributed by atoms with E-state index in [2.05, 4.69) is 24.0 Å². The second-order valence-corrected chi connectivity index (χ2v) is 11.0. The van der Waals surface area contributed by atoms with E-state index in [9.17, 15) is 9.59 Å². The predicted molar refractivity (Wildman–Crippen MR) is 146 cm³/mol. The Kier molecular flexibility index (Phi) is 10.1. The highest BCUT2D eigenvalue weighted by atomic mass is 16.6. The van der Waals surface area contributed by atoms with Crippen LogP contribution in [0.4, 0.5) is 4.79 Å². The van der Waals surface area contributed by atoms with Crippen LogP contribution in [0, 0.1) is 5.92 Å². The highest BCUT2D eigenvalue weighted by Crippen LogP contribution is 2.35. The Labute approximate surface area is 221 Å². The Balaban J connectivity index is 1.89. The summed E-state index contributed by atoms with van der Waals surface area (Å²) in [7, 11) is 1.77. The summed E-state index contributed by atoms with van der Waals surface area (Å²) in [5.41, 5.74) is 7.55. The van der Waals surface area contributed by atoms with Gasteiger partial charge in [0.25, 0.3) is 0 Å². The number of rotatable bonds is 10. The summed E-state index contributed by atoms with van der Waals surface area (Å²) in [6.45, 7) is 9.11. The zero-order chi connectivity index (χ0) is 27.0. The van der Waals surface area contributed by atoms with Gasteiger partial charge in [0.1, 0.15) is 18.2 Å². The van der Waals surface area contributed by atoms with Crippen LogP contribution in [0.1, 0.15) is 58.1 Å². The Bertz CT molecular complexity index is 989. The maximum Gasteiger partial charge on any atom is 0.410 e. The van der Waals surface area contributed by atoms with Crippen molar-refractivity contribution in [3.05, 3.63) is 71.8 Å². The van der Waals surface area contributed by atoms with E-state index in [1.807, 2.05) is 69.3 Å². The fraction of sp³-hybridized carbons (Fsp3) is 0.533. The lowest BCUT2D eigenvalue weighted by atomic mass is 9.92. The van der Waals surface area contributed by atoms with Crippen molar-refractivity contribution in [3.63, 3.8) is 0 Å². The van der Waals surface area contributed by atoms with Gasteiger partial charge in [-0.15, -0.1) is 0 Å². The van der Waals surface area contributed by atoms with Crippen LogP contribution in [0.3, 0.4) is 0 Å². The van der Waals surface area contributed by atoms with Gasteiger partial charge in [-0.2, -0.15) is 0 Å². The van der Waals surface area contributed by atoms with Gasteiger partial charge in [-0.25, -0.2) is 4.79 Å². The molecule has 1 aliphatic rings. The topological polar surface area (TPSA) is 85.1 Å². The third kappa shape index (κ3) is 8.04. The van der Waals surface area contributed by atoms with Gasteiger partial charge in [0.2, 0.25) is 0 Å². The van der Waals surface area contributed by atoms with Crippen molar-refractivity contribution >= 4 is 12.1 Å². The van der Waals surface area contributed by atoms with Gasteiger partial charge >= 0.3 is 12.1 Å². The monoisotopic (exact) mass is 509 g/mol. The Hall–Kier alpha value is -2.90. The van der Waals surface area contributed by atoms with E-state index in [4.69, 9.17) is 15.2 Å². The summed E-state index contributed by atoms with van der Waals surface area (Å²) in [6.07, 6.45) is 1.78. The number of nitrogens with two attached hydrogens (primary N) is 1. The van der Waals surface area contributed by atoms with Crippen molar-refractivity contribution in [2.75, 3.05) is 13.6 Å². The largest absolute Gasteiger partial charge is 0.459 e.